The monoisotopic (exact) mass is 442 g/mol. The summed E-state index contributed by atoms with van der Waals surface area (Å²) < 4.78 is 41.4. The number of nitrogens with zero attached hydrogens (tertiary/aromatic N) is 2. The van der Waals surface area contributed by atoms with Gasteiger partial charge in [-0.3, -0.25) is 4.79 Å². The number of nitrogens with one attached hydrogen (secondary N) is 2. The smallest absolute Gasteiger partial charge is 0.389 e. The third-order valence-electron chi connectivity index (χ3n) is 5.01. The molecule has 0 radical (unpaired) electrons. The van der Waals surface area contributed by atoms with Crippen LogP contribution in [0.1, 0.15) is 61.1 Å². The maximum atomic E-state index is 13.8. The predicted octanol–water partition coefficient (Wildman–Crippen LogP) is 4.39. The van der Waals surface area contributed by atoms with E-state index in [2.05, 4.69) is 20.6 Å². The molecule has 10 heteroatoms. The van der Waals surface area contributed by atoms with Crippen LogP contribution in [0.5, 0.6) is 0 Å². The van der Waals surface area contributed by atoms with E-state index in [1.54, 1.807) is 6.92 Å². The number of amides is 1. The fourth-order valence-electron chi connectivity index (χ4n) is 3.20. The third-order valence-corrected chi connectivity index (χ3v) is 6.20. The second kappa shape index (κ2) is 7.81. The van der Waals surface area contributed by atoms with E-state index in [0.717, 1.165) is 36.7 Å². The normalized spacial score (nSPS) is 16.1. The van der Waals surface area contributed by atoms with Crippen LogP contribution >= 0.6 is 11.3 Å². The van der Waals surface area contributed by atoms with Crippen molar-refractivity contribution in [3.63, 3.8) is 0 Å². The van der Waals surface area contributed by atoms with Gasteiger partial charge in [0.2, 0.25) is 0 Å². The molecule has 0 saturated heterocycles. The van der Waals surface area contributed by atoms with Gasteiger partial charge in [0.15, 0.2) is 5.01 Å². The molecule has 1 amide bonds. The topological polar surface area (TPSA) is 87.1 Å². The number of carbonyl (C=O) groups excluding carboxylic acids is 1. The van der Waals surface area contributed by atoms with E-state index < -0.39 is 23.2 Å². The zero-order valence-corrected chi connectivity index (χ0v) is 18.1. The number of alkyl halides is 3. The Balaban J connectivity index is 1.93. The maximum Gasteiger partial charge on any atom is 0.417 e. The first kappa shape index (κ1) is 22.5. The lowest BCUT2D eigenvalue weighted by molar-refractivity contribution is -0.137. The summed E-state index contributed by atoms with van der Waals surface area (Å²) in [4.78, 5) is 20.9. The lowest BCUT2D eigenvalue weighted by Crippen LogP contribution is -2.41. The Morgan fingerprint density at radius 2 is 2.00 bits per heavy atom. The van der Waals surface area contributed by atoms with Crippen molar-refractivity contribution in [2.24, 2.45) is 0 Å². The number of carbonyl (C=O) groups is 1. The number of thiazole rings is 1. The Hall–Kier alpha value is -2.20. The molecule has 3 rings (SSSR count). The molecule has 0 aromatic carbocycles. The highest BCUT2D eigenvalue weighted by Gasteiger charge is 2.37. The molecule has 2 aromatic rings. The van der Waals surface area contributed by atoms with Crippen LogP contribution in [0.3, 0.4) is 0 Å². The Morgan fingerprint density at radius 1 is 1.33 bits per heavy atom. The van der Waals surface area contributed by atoms with Crippen molar-refractivity contribution in [3.05, 3.63) is 28.5 Å². The van der Waals surface area contributed by atoms with Gasteiger partial charge in [-0.05, 0) is 53.0 Å². The first-order chi connectivity index (χ1) is 13.8. The standard InChI is InChI=1S/C20H25F3N4O2S/c1-11-15(30-17(26-11)16(28)25-10-18(2,3)29)12-9-24-14(8-13(12)20(21,22)23)27-19(4)6-5-7-19/h8-9,29H,5-7,10H2,1-4H3,(H,24,27)(H,25,28). The van der Waals surface area contributed by atoms with Crippen LogP contribution in [0.15, 0.2) is 12.3 Å². The van der Waals surface area contributed by atoms with E-state index in [1.165, 1.54) is 20.0 Å². The average molecular weight is 443 g/mol. The zero-order chi connectivity index (χ0) is 22.3. The molecule has 1 saturated carbocycles. The van der Waals surface area contributed by atoms with Crippen LogP contribution in [0.25, 0.3) is 10.4 Å². The molecule has 164 valence electrons. The summed E-state index contributed by atoms with van der Waals surface area (Å²) in [5.74, 6) is -0.368. The predicted molar refractivity (Wildman–Crippen MR) is 110 cm³/mol. The quantitative estimate of drug-likeness (QED) is 0.618. The summed E-state index contributed by atoms with van der Waals surface area (Å²) in [5.41, 5.74) is -1.96. The second-order valence-electron chi connectivity index (χ2n) is 8.58. The van der Waals surface area contributed by atoms with E-state index >= 15 is 0 Å². The van der Waals surface area contributed by atoms with Crippen molar-refractivity contribution in [1.82, 2.24) is 15.3 Å². The second-order valence-corrected chi connectivity index (χ2v) is 9.58. The van der Waals surface area contributed by atoms with Gasteiger partial charge >= 0.3 is 6.18 Å². The molecule has 30 heavy (non-hydrogen) atoms. The summed E-state index contributed by atoms with van der Waals surface area (Å²) in [6.45, 7) is 6.58. The third kappa shape index (κ3) is 5.10. The number of aromatic nitrogens is 2. The number of aliphatic hydroxyl groups is 1. The first-order valence-corrected chi connectivity index (χ1v) is 10.4. The first-order valence-electron chi connectivity index (χ1n) is 9.61. The minimum absolute atomic E-state index is 0.00567. The highest BCUT2D eigenvalue weighted by atomic mass is 32.1. The van der Waals surface area contributed by atoms with Crippen molar-refractivity contribution >= 4 is 23.1 Å². The van der Waals surface area contributed by atoms with Gasteiger partial charge in [-0.25, -0.2) is 9.97 Å². The highest BCUT2D eigenvalue weighted by molar-refractivity contribution is 7.17. The van der Waals surface area contributed by atoms with Gasteiger partial charge in [-0.2, -0.15) is 13.2 Å². The number of hydrogen-bond acceptors (Lipinski definition) is 6. The summed E-state index contributed by atoms with van der Waals surface area (Å²) in [5, 5.41) is 15.4. The van der Waals surface area contributed by atoms with E-state index in [4.69, 9.17) is 0 Å². The van der Waals surface area contributed by atoms with Gasteiger partial charge in [0.25, 0.3) is 5.91 Å². The molecule has 2 aromatic heterocycles. The summed E-state index contributed by atoms with van der Waals surface area (Å²) in [6.07, 6.45) is -0.600. The van der Waals surface area contributed by atoms with Gasteiger partial charge in [-0.15, -0.1) is 11.3 Å². The molecular weight excluding hydrogens is 417 g/mol. The molecule has 1 fully saturated rings. The SMILES string of the molecule is Cc1nc(C(=O)NCC(C)(C)O)sc1-c1cnc(NC2(C)CCC2)cc1C(F)(F)F. The summed E-state index contributed by atoms with van der Waals surface area (Å²) >= 11 is 0.871. The molecule has 0 atom stereocenters. The van der Waals surface area contributed by atoms with Gasteiger partial charge in [0.05, 0.1) is 21.7 Å². The lowest BCUT2D eigenvalue weighted by Gasteiger charge is -2.39. The van der Waals surface area contributed by atoms with Crippen LogP contribution < -0.4 is 10.6 Å². The van der Waals surface area contributed by atoms with Crippen LogP contribution in [-0.2, 0) is 6.18 Å². The molecule has 2 heterocycles. The number of hydrogen-bond donors (Lipinski definition) is 3. The van der Waals surface area contributed by atoms with Gasteiger partial charge < -0.3 is 15.7 Å². The number of halogens is 3. The molecular formula is C20H25F3N4O2S. The van der Waals surface area contributed by atoms with Gasteiger partial charge in [0.1, 0.15) is 5.82 Å². The molecule has 1 aliphatic rings. The van der Waals surface area contributed by atoms with Crippen LogP contribution in [0.4, 0.5) is 19.0 Å². The zero-order valence-electron chi connectivity index (χ0n) is 17.3. The molecule has 0 unspecified atom stereocenters. The number of anilines is 1. The maximum absolute atomic E-state index is 13.8. The van der Waals surface area contributed by atoms with E-state index in [1.807, 2.05) is 6.92 Å². The van der Waals surface area contributed by atoms with E-state index in [9.17, 15) is 23.1 Å². The van der Waals surface area contributed by atoms with Crippen molar-refractivity contribution in [1.29, 1.82) is 0 Å². The minimum Gasteiger partial charge on any atom is -0.389 e. The number of aryl methyl sites for hydroxylation is 1. The fourth-order valence-corrected chi connectivity index (χ4v) is 4.20. The van der Waals surface area contributed by atoms with Gasteiger partial charge in [0, 0.05) is 23.8 Å². The summed E-state index contributed by atoms with van der Waals surface area (Å²) in [7, 11) is 0. The van der Waals surface area contributed by atoms with Crippen molar-refractivity contribution < 1.29 is 23.1 Å². The molecule has 0 bridgehead atoms. The van der Waals surface area contributed by atoms with Crippen molar-refractivity contribution in [2.45, 2.75) is 64.3 Å². The van der Waals surface area contributed by atoms with Crippen LogP contribution in [-0.4, -0.2) is 38.7 Å². The Labute approximate surface area is 176 Å². The largest absolute Gasteiger partial charge is 0.417 e. The molecule has 3 N–H and O–H groups in total. The number of rotatable bonds is 6. The van der Waals surface area contributed by atoms with Crippen LogP contribution in [0.2, 0.25) is 0 Å². The van der Waals surface area contributed by atoms with Crippen molar-refractivity contribution in [3.8, 4) is 10.4 Å². The molecule has 0 aliphatic heterocycles. The highest BCUT2D eigenvalue weighted by Crippen LogP contribution is 2.42. The Bertz CT molecular complexity index is 947. The van der Waals surface area contributed by atoms with Crippen LogP contribution in [0, 0.1) is 6.92 Å². The lowest BCUT2D eigenvalue weighted by atomic mass is 9.78. The molecule has 0 spiro atoms. The van der Waals surface area contributed by atoms with Crippen molar-refractivity contribution in [2.75, 3.05) is 11.9 Å². The molecule has 1 aliphatic carbocycles. The minimum atomic E-state index is -4.59. The fraction of sp³-hybridized carbons (Fsp3) is 0.550. The molecule has 6 nitrogen and oxygen atoms in total. The van der Waals surface area contributed by atoms with Gasteiger partial charge in [-0.1, -0.05) is 0 Å². The number of pyridine rings is 1. The Kier molecular flexibility index (Phi) is 5.85. The van der Waals surface area contributed by atoms with E-state index in [-0.39, 0.29) is 33.3 Å². The van der Waals surface area contributed by atoms with E-state index in [0.29, 0.717) is 5.69 Å². The average Bonchev–Trinajstić information content (AvgIpc) is 2.98. The summed E-state index contributed by atoms with van der Waals surface area (Å²) in [6, 6.07) is 1.02. The Morgan fingerprint density at radius 3 is 2.53 bits per heavy atom.